The molecular weight excluding hydrogens is 426 g/mol. The molecule has 4 aromatic heterocycles. The molecule has 1 aliphatic heterocycles. The van der Waals surface area contributed by atoms with Crippen LogP contribution in [-0.4, -0.2) is 50.1 Å². The van der Waals surface area contributed by atoms with Crippen molar-refractivity contribution in [3.05, 3.63) is 72.8 Å². The average Bonchev–Trinajstić information content (AvgIpc) is 3.51. The predicted octanol–water partition coefficient (Wildman–Crippen LogP) is 3.92. The van der Waals surface area contributed by atoms with Crippen molar-refractivity contribution < 1.29 is 4.74 Å². The van der Waals surface area contributed by atoms with Crippen molar-refractivity contribution in [2.75, 3.05) is 20.2 Å². The molecule has 34 heavy (non-hydrogen) atoms. The first-order chi connectivity index (χ1) is 16.8. The Balaban J connectivity index is 1.33. The average molecular weight is 452 g/mol. The van der Waals surface area contributed by atoms with Crippen molar-refractivity contribution in [3.63, 3.8) is 0 Å². The van der Waals surface area contributed by atoms with E-state index in [-0.39, 0.29) is 0 Å². The molecule has 0 unspecified atom stereocenters. The fourth-order valence-corrected chi connectivity index (χ4v) is 4.35. The molecular formula is C26H25N7O. The normalized spacial score (nSPS) is 13.9. The van der Waals surface area contributed by atoms with Crippen LogP contribution in [0.4, 0.5) is 0 Å². The second kappa shape index (κ2) is 8.81. The highest BCUT2D eigenvalue weighted by Gasteiger charge is 2.18. The maximum Gasteiger partial charge on any atom is 0.101 e. The standard InChI is InChI=1S/C26H25N7O/c1-34-16-17-3-2-4-19(7-17)26-22(13-29-32-26)23-5-6-24-25(31-23)8-20(11-28-24)21-12-30-33(15-21)14-18-9-27-10-18/h2-8,11-13,15,18,27H,9-10,14,16H2,1H3,(H,29,32). The maximum atomic E-state index is 5.28. The van der Waals surface area contributed by atoms with Crippen LogP contribution >= 0.6 is 0 Å². The number of aromatic amines is 1. The van der Waals surface area contributed by atoms with Crippen molar-refractivity contribution in [1.29, 1.82) is 0 Å². The molecule has 0 saturated carbocycles. The monoisotopic (exact) mass is 451 g/mol. The van der Waals surface area contributed by atoms with Gasteiger partial charge in [-0.1, -0.05) is 18.2 Å². The third-order valence-corrected chi connectivity index (χ3v) is 6.24. The summed E-state index contributed by atoms with van der Waals surface area (Å²) in [6.07, 6.45) is 7.77. The number of nitrogens with one attached hydrogen (secondary N) is 2. The lowest BCUT2D eigenvalue weighted by Crippen LogP contribution is -2.44. The van der Waals surface area contributed by atoms with E-state index in [1.54, 1.807) is 7.11 Å². The number of fused-ring (bicyclic) bond motifs is 1. The molecule has 0 atom stereocenters. The number of H-pyrrole nitrogens is 1. The zero-order valence-electron chi connectivity index (χ0n) is 18.9. The Labute approximate surface area is 197 Å². The highest BCUT2D eigenvalue weighted by molar-refractivity contribution is 5.85. The SMILES string of the molecule is COCc1cccc(-c2n[nH]cc2-c2ccc3ncc(-c4cnn(CC5CNC5)c4)cc3n2)c1. The van der Waals surface area contributed by atoms with Crippen LogP contribution in [-0.2, 0) is 17.9 Å². The van der Waals surface area contributed by atoms with E-state index in [2.05, 4.69) is 50.0 Å². The van der Waals surface area contributed by atoms with Gasteiger partial charge in [-0.2, -0.15) is 10.2 Å². The smallest absolute Gasteiger partial charge is 0.101 e. The van der Waals surface area contributed by atoms with E-state index in [0.717, 1.165) is 69.9 Å². The van der Waals surface area contributed by atoms with Gasteiger partial charge >= 0.3 is 0 Å². The zero-order chi connectivity index (χ0) is 22.9. The van der Waals surface area contributed by atoms with Gasteiger partial charge in [0.25, 0.3) is 0 Å². The van der Waals surface area contributed by atoms with E-state index in [1.807, 2.05) is 47.5 Å². The quantitative estimate of drug-likeness (QED) is 0.390. The molecule has 0 spiro atoms. The van der Waals surface area contributed by atoms with Crippen LogP contribution in [0.2, 0.25) is 0 Å². The van der Waals surface area contributed by atoms with Crippen LogP contribution in [0.1, 0.15) is 5.56 Å². The lowest BCUT2D eigenvalue weighted by Gasteiger charge is -2.26. The fourth-order valence-electron chi connectivity index (χ4n) is 4.35. The molecule has 170 valence electrons. The first kappa shape index (κ1) is 20.7. The molecule has 1 aromatic carbocycles. The van der Waals surface area contributed by atoms with E-state index in [0.29, 0.717) is 12.5 Å². The number of ether oxygens (including phenoxy) is 1. The molecule has 8 nitrogen and oxygen atoms in total. The summed E-state index contributed by atoms with van der Waals surface area (Å²) in [7, 11) is 1.70. The minimum Gasteiger partial charge on any atom is -0.380 e. The van der Waals surface area contributed by atoms with Gasteiger partial charge in [-0.05, 0) is 29.8 Å². The van der Waals surface area contributed by atoms with Crippen LogP contribution in [0.15, 0.2) is 67.3 Å². The lowest BCUT2D eigenvalue weighted by molar-refractivity contribution is 0.185. The first-order valence-electron chi connectivity index (χ1n) is 11.4. The molecule has 5 heterocycles. The number of methoxy groups -OCH3 is 1. The summed E-state index contributed by atoms with van der Waals surface area (Å²) < 4.78 is 7.30. The van der Waals surface area contributed by atoms with Crippen LogP contribution < -0.4 is 5.32 Å². The lowest BCUT2D eigenvalue weighted by atomic mass is 10.0. The third kappa shape index (κ3) is 3.98. The molecule has 0 radical (unpaired) electrons. The molecule has 5 aromatic rings. The van der Waals surface area contributed by atoms with Gasteiger partial charge in [0.05, 0.1) is 29.5 Å². The van der Waals surface area contributed by atoms with Crippen LogP contribution in [0.5, 0.6) is 0 Å². The van der Waals surface area contributed by atoms with E-state index < -0.39 is 0 Å². The second-order valence-corrected chi connectivity index (χ2v) is 8.71. The van der Waals surface area contributed by atoms with Gasteiger partial charge in [0.15, 0.2) is 0 Å². The zero-order valence-corrected chi connectivity index (χ0v) is 18.9. The van der Waals surface area contributed by atoms with Gasteiger partial charge in [0, 0.05) is 73.5 Å². The Morgan fingerprint density at radius 1 is 1.03 bits per heavy atom. The summed E-state index contributed by atoms with van der Waals surface area (Å²) in [6.45, 7) is 3.62. The van der Waals surface area contributed by atoms with Gasteiger partial charge < -0.3 is 10.1 Å². The minimum atomic E-state index is 0.560. The summed E-state index contributed by atoms with van der Waals surface area (Å²) >= 11 is 0. The van der Waals surface area contributed by atoms with Gasteiger partial charge in [-0.15, -0.1) is 0 Å². The summed E-state index contributed by atoms with van der Waals surface area (Å²) in [5, 5.41) is 15.4. The Morgan fingerprint density at radius 3 is 2.82 bits per heavy atom. The largest absolute Gasteiger partial charge is 0.380 e. The Kier molecular flexibility index (Phi) is 5.37. The highest BCUT2D eigenvalue weighted by Crippen LogP contribution is 2.31. The van der Waals surface area contributed by atoms with E-state index >= 15 is 0 Å². The highest BCUT2D eigenvalue weighted by atomic mass is 16.5. The number of benzene rings is 1. The van der Waals surface area contributed by atoms with Crippen molar-refractivity contribution in [2.24, 2.45) is 5.92 Å². The van der Waals surface area contributed by atoms with Crippen molar-refractivity contribution in [1.82, 2.24) is 35.3 Å². The second-order valence-electron chi connectivity index (χ2n) is 8.71. The summed E-state index contributed by atoms with van der Waals surface area (Å²) in [5.41, 5.74) is 8.53. The number of pyridine rings is 2. The van der Waals surface area contributed by atoms with Gasteiger partial charge in [0.1, 0.15) is 5.69 Å². The molecule has 1 saturated heterocycles. The molecule has 2 N–H and O–H groups in total. The Morgan fingerprint density at radius 2 is 1.97 bits per heavy atom. The van der Waals surface area contributed by atoms with Gasteiger partial charge in [0.2, 0.25) is 0 Å². The van der Waals surface area contributed by atoms with Crippen LogP contribution in [0.25, 0.3) is 44.7 Å². The summed E-state index contributed by atoms with van der Waals surface area (Å²) in [5.74, 6) is 0.658. The van der Waals surface area contributed by atoms with Crippen LogP contribution in [0.3, 0.4) is 0 Å². The minimum absolute atomic E-state index is 0.560. The van der Waals surface area contributed by atoms with Crippen molar-refractivity contribution >= 4 is 11.0 Å². The Hall–Kier alpha value is -3.88. The predicted molar refractivity (Wildman–Crippen MR) is 131 cm³/mol. The third-order valence-electron chi connectivity index (χ3n) is 6.24. The molecule has 8 heteroatoms. The maximum absolute atomic E-state index is 5.28. The molecule has 1 aliphatic rings. The number of aromatic nitrogens is 6. The van der Waals surface area contributed by atoms with Gasteiger partial charge in [-0.3, -0.25) is 14.8 Å². The molecule has 1 fully saturated rings. The molecule has 0 bridgehead atoms. The van der Waals surface area contributed by atoms with E-state index in [9.17, 15) is 0 Å². The van der Waals surface area contributed by atoms with Gasteiger partial charge in [-0.25, -0.2) is 4.98 Å². The number of rotatable bonds is 7. The van der Waals surface area contributed by atoms with E-state index in [4.69, 9.17) is 9.72 Å². The van der Waals surface area contributed by atoms with Crippen LogP contribution in [0, 0.1) is 5.92 Å². The topological polar surface area (TPSA) is 93.5 Å². The number of nitrogens with zero attached hydrogens (tertiary/aromatic N) is 5. The summed E-state index contributed by atoms with van der Waals surface area (Å²) in [6, 6.07) is 14.3. The molecule has 6 rings (SSSR count). The summed E-state index contributed by atoms with van der Waals surface area (Å²) in [4.78, 5) is 9.59. The molecule has 0 amide bonds. The number of hydrogen-bond donors (Lipinski definition) is 2. The number of hydrogen-bond acceptors (Lipinski definition) is 6. The Bertz CT molecular complexity index is 1450. The van der Waals surface area contributed by atoms with Crippen molar-refractivity contribution in [3.8, 4) is 33.6 Å². The molecule has 0 aliphatic carbocycles. The fraction of sp³-hybridized carbons (Fsp3) is 0.231. The van der Waals surface area contributed by atoms with E-state index in [1.165, 1.54) is 0 Å². The van der Waals surface area contributed by atoms with Crippen molar-refractivity contribution in [2.45, 2.75) is 13.2 Å². The first-order valence-corrected chi connectivity index (χ1v) is 11.4.